The summed E-state index contributed by atoms with van der Waals surface area (Å²) in [6.07, 6.45) is 11.6. The van der Waals surface area contributed by atoms with Crippen LogP contribution in [0.2, 0.25) is 5.02 Å². The van der Waals surface area contributed by atoms with Crippen LogP contribution < -0.4 is 5.76 Å². The topological polar surface area (TPSA) is 121 Å². The number of hydrogen-bond donors (Lipinski definition) is 1. The van der Waals surface area contributed by atoms with Crippen molar-refractivity contribution in [2.75, 3.05) is 20.3 Å². The molecule has 0 radical (unpaired) electrons. The van der Waals surface area contributed by atoms with E-state index >= 15 is 0 Å². The molecule has 0 spiro atoms. The second-order valence-corrected chi connectivity index (χ2v) is 11.7. The van der Waals surface area contributed by atoms with Crippen molar-refractivity contribution in [2.24, 2.45) is 17.8 Å². The van der Waals surface area contributed by atoms with Gasteiger partial charge < -0.3 is 14.0 Å². The van der Waals surface area contributed by atoms with Gasteiger partial charge in [-0.15, -0.1) is 0 Å². The Morgan fingerprint density at radius 1 is 1.12 bits per heavy atom. The van der Waals surface area contributed by atoms with E-state index in [1.165, 1.54) is 25.7 Å². The lowest BCUT2D eigenvalue weighted by atomic mass is 9.81. The van der Waals surface area contributed by atoms with E-state index in [1.54, 1.807) is 19.5 Å². The van der Waals surface area contributed by atoms with E-state index in [0.29, 0.717) is 41.5 Å². The fourth-order valence-corrected chi connectivity index (χ4v) is 6.00. The average molecular weight is 567 g/mol. The predicted molar refractivity (Wildman–Crippen MR) is 151 cm³/mol. The molecule has 0 aromatic carbocycles. The molecule has 1 unspecified atom stereocenters. The van der Waals surface area contributed by atoms with Crippen LogP contribution in [0.25, 0.3) is 33.8 Å². The van der Waals surface area contributed by atoms with E-state index in [0.717, 1.165) is 54.1 Å². The van der Waals surface area contributed by atoms with Crippen molar-refractivity contribution < 1.29 is 14.0 Å². The van der Waals surface area contributed by atoms with Crippen molar-refractivity contribution in [1.29, 1.82) is 0 Å². The molecule has 11 heteroatoms. The minimum absolute atomic E-state index is 0.144. The molecular weight excluding hydrogens is 532 g/mol. The highest BCUT2D eigenvalue weighted by Crippen LogP contribution is 2.45. The number of aryl methyl sites for hydroxylation is 1. The maximum atomic E-state index is 11.8. The van der Waals surface area contributed by atoms with E-state index < -0.39 is 5.76 Å². The Bertz CT molecular complexity index is 1520. The summed E-state index contributed by atoms with van der Waals surface area (Å²) in [5.74, 6) is 2.41. The third kappa shape index (κ3) is 5.84. The van der Waals surface area contributed by atoms with Crippen molar-refractivity contribution in [3.05, 3.63) is 45.9 Å². The number of aromatic amines is 1. The van der Waals surface area contributed by atoms with Gasteiger partial charge in [0.05, 0.1) is 35.0 Å². The molecule has 0 amide bonds. The molecule has 0 bridgehead atoms. The first kappa shape index (κ1) is 27.1. The van der Waals surface area contributed by atoms with Crippen molar-refractivity contribution >= 4 is 22.6 Å². The van der Waals surface area contributed by atoms with Crippen LogP contribution in [0.1, 0.15) is 63.8 Å². The lowest BCUT2D eigenvalue weighted by molar-refractivity contribution is -0.00110. The lowest BCUT2D eigenvalue weighted by Gasteiger charge is -2.27. The lowest BCUT2D eigenvalue weighted by Crippen LogP contribution is -2.19. The van der Waals surface area contributed by atoms with Crippen LogP contribution in [0.5, 0.6) is 0 Å². The normalized spacial score (nSPS) is 20.3. The highest BCUT2D eigenvalue weighted by Gasteiger charge is 2.37. The number of ether oxygens (including phenoxy) is 2. The summed E-state index contributed by atoms with van der Waals surface area (Å²) in [4.78, 5) is 28.8. The van der Waals surface area contributed by atoms with Gasteiger partial charge in [0.1, 0.15) is 17.6 Å². The molecule has 1 N–H and O–H groups in total. The van der Waals surface area contributed by atoms with Crippen LogP contribution in [-0.4, -0.2) is 50.0 Å². The van der Waals surface area contributed by atoms with Crippen molar-refractivity contribution in [2.45, 2.75) is 64.5 Å². The van der Waals surface area contributed by atoms with E-state index in [4.69, 9.17) is 35.6 Å². The monoisotopic (exact) mass is 566 g/mol. The van der Waals surface area contributed by atoms with Gasteiger partial charge in [-0.2, -0.15) is 0 Å². The van der Waals surface area contributed by atoms with Gasteiger partial charge in [0.2, 0.25) is 5.82 Å². The summed E-state index contributed by atoms with van der Waals surface area (Å²) in [7, 11) is 1.68. The molecule has 2 saturated carbocycles. The molecule has 40 heavy (non-hydrogen) atoms. The number of fused-ring (bicyclic) bond motifs is 1. The first-order chi connectivity index (χ1) is 19.5. The van der Waals surface area contributed by atoms with Gasteiger partial charge >= 0.3 is 5.76 Å². The van der Waals surface area contributed by atoms with Crippen LogP contribution in [0.3, 0.4) is 0 Å². The quantitative estimate of drug-likeness (QED) is 0.225. The number of pyridine rings is 2. The summed E-state index contributed by atoms with van der Waals surface area (Å²) < 4.78 is 18.8. The number of nitrogens with zero attached hydrogens (tertiary/aromatic N) is 5. The van der Waals surface area contributed by atoms with E-state index in [2.05, 4.69) is 26.6 Å². The fraction of sp³-hybridized carbons (Fsp3) is 0.552. The maximum Gasteiger partial charge on any atom is 0.439 e. The smallest absolute Gasteiger partial charge is 0.382 e. The zero-order chi connectivity index (χ0) is 27.6. The van der Waals surface area contributed by atoms with Crippen LogP contribution in [-0.2, 0) is 16.0 Å². The predicted octanol–water partition coefficient (Wildman–Crippen LogP) is 5.82. The van der Waals surface area contributed by atoms with Crippen molar-refractivity contribution in [3.8, 4) is 22.8 Å². The molecule has 2 aliphatic carbocycles. The van der Waals surface area contributed by atoms with Crippen LogP contribution >= 0.6 is 11.6 Å². The summed E-state index contributed by atoms with van der Waals surface area (Å²) in [6.45, 7) is 4.18. The molecule has 212 valence electrons. The maximum absolute atomic E-state index is 11.8. The summed E-state index contributed by atoms with van der Waals surface area (Å²) in [5, 5.41) is 4.39. The number of rotatable bonds is 11. The second kappa shape index (κ2) is 11.8. The molecule has 0 aliphatic heterocycles. The van der Waals surface area contributed by atoms with Gasteiger partial charge in [-0.3, -0.25) is 14.5 Å². The second-order valence-electron chi connectivity index (χ2n) is 11.2. The zero-order valence-corrected chi connectivity index (χ0v) is 23.7. The molecule has 4 aromatic heterocycles. The molecule has 4 aromatic rings. The summed E-state index contributed by atoms with van der Waals surface area (Å²) in [5.41, 5.74) is 3.53. The highest BCUT2D eigenvalue weighted by atomic mass is 35.5. The molecular formula is C29H35ClN6O4. The van der Waals surface area contributed by atoms with E-state index in [1.807, 2.05) is 12.1 Å². The number of imidazole rings is 1. The van der Waals surface area contributed by atoms with Gasteiger partial charge in [-0.25, -0.2) is 14.8 Å². The van der Waals surface area contributed by atoms with Crippen LogP contribution in [0, 0.1) is 17.8 Å². The molecule has 1 atom stereocenters. The zero-order valence-electron chi connectivity index (χ0n) is 22.9. The van der Waals surface area contributed by atoms with Crippen LogP contribution in [0.15, 0.2) is 33.8 Å². The Balaban J connectivity index is 1.50. The molecule has 2 fully saturated rings. The van der Waals surface area contributed by atoms with E-state index in [9.17, 15) is 4.79 Å². The SMILES string of the molecule is COCCOC(c1nc2cc(-c3noc(=O)[nH]3)nc(-c3cncc(Cl)c3)c2n1CCC1CCC(C)CC1)C1CC1. The van der Waals surface area contributed by atoms with Gasteiger partial charge in [-0.05, 0) is 49.1 Å². The molecule has 2 aliphatic rings. The Hall–Kier alpha value is -3.08. The molecule has 10 nitrogen and oxygen atoms in total. The van der Waals surface area contributed by atoms with E-state index in [-0.39, 0.29) is 11.9 Å². The third-order valence-corrected chi connectivity index (χ3v) is 8.41. The average Bonchev–Trinajstić information content (AvgIpc) is 3.60. The molecule has 6 rings (SSSR count). The summed E-state index contributed by atoms with van der Waals surface area (Å²) >= 11 is 6.38. The van der Waals surface area contributed by atoms with Crippen molar-refractivity contribution in [1.82, 2.24) is 29.7 Å². The Morgan fingerprint density at radius 2 is 1.95 bits per heavy atom. The summed E-state index contributed by atoms with van der Waals surface area (Å²) in [6, 6.07) is 3.70. The number of nitrogens with one attached hydrogen (secondary N) is 1. The number of H-pyrrole nitrogens is 1. The first-order valence-electron chi connectivity index (χ1n) is 14.2. The Labute approximate surface area is 237 Å². The number of methoxy groups -OCH3 is 1. The highest BCUT2D eigenvalue weighted by molar-refractivity contribution is 6.30. The van der Waals surface area contributed by atoms with Gasteiger partial charge in [-0.1, -0.05) is 49.4 Å². The number of hydrogen-bond acceptors (Lipinski definition) is 8. The number of aromatic nitrogens is 6. The minimum atomic E-state index is -0.642. The molecule has 0 saturated heterocycles. The first-order valence-corrected chi connectivity index (χ1v) is 14.6. The standard InChI is InChI=1S/C29H35ClN6O4/c1-17-3-5-18(6-4-17)9-10-36-25-22(33-28(36)26(19-7-8-19)39-12-11-38-2)14-23(27-34-29(37)40-35-27)32-24(25)20-13-21(30)16-31-15-20/h13-19,26H,3-12H2,1-2H3,(H,34,35,37). The fourth-order valence-electron chi connectivity index (χ4n) is 5.83. The third-order valence-electron chi connectivity index (χ3n) is 8.20. The Kier molecular flexibility index (Phi) is 8.00. The largest absolute Gasteiger partial charge is 0.439 e. The minimum Gasteiger partial charge on any atom is -0.382 e. The number of halogens is 1. The van der Waals surface area contributed by atoms with Gasteiger partial charge in [0.15, 0.2) is 0 Å². The molecule has 4 heterocycles. The van der Waals surface area contributed by atoms with Crippen LogP contribution in [0.4, 0.5) is 0 Å². The van der Waals surface area contributed by atoms with Gasteiger partial charge in [0, 0.05) is 31.6 Å². The van der Waals surface area contributed by atoms with Crippen molar-refractivity contribution in [3.63, 3.8) is 0 Å². The Morgan fingerprint density at radius 3 is 2.65 bits per heavy atom. The van der Waals surface area contributed by atoms with Gasteiger partial charge in [0.25, 0.3) is 0 Å².